The van der Waals surface area contributed by atoms with Gasteiger partial charge < -0.3 is 23.9 Å². The Morgan fingerprint density at radius 1 is 1.04 bits per heavy atom. The molecule has 0 aliphatic heterocycles. The predicted octanol–water partition coefficient (Wildman–Crippen LogP) is 3.57. The second-order valence-electron chi connectivity index (χ2n) is 6.03. The summed E-state index contributed by atoms with van der Waals surface area (Å²) >= 11 is 0. The van der Waals surface area contributed by atoms with Crippen molar-refractivity contribution in [1.29, 1.82) is 0 Å². The van der Waals surface area contributed by atoms with Gasteiger partial charge in [-0.2, -0.15) is 0 Å². The van der Waals surface area contributed by atoms with Gasteiger partial charge in [-0.25, -0.2) is 0 Å². The molecule has 0 unspecified atom stereocenters. The van der Waals surface area contributed by atoms with E-state index in [9.17, 15) is 4.79 Å². The SMILES string of the molecule is COCc1c(C(=O)NCCc2ccc(OC)c(OC)c2)oc2ccccc12. The van der Waals surface area contributed by atoms with Gasteiger partial charge >= 0.3 is 0 Å². The number of carbonyl (C=O) groups excluding carboxylic acids is 1. The first-order chi connectivity index (χ1) is 13.2. The Morgan fingerprint density at radius 2 is 1.81 bits per heavy atom. The van der Waals surface area contributed by atoms with Crippen molar-refractivity contribution in [1.82, 2.24) is 5.32 Å². The van der Waals surface area contributed by atoms with Crippen LogP contribution >= 0.6 is 0 Å². The molecule has 0 aliphatic carbocycles. The molecule has 3 aromatic rings. The number of methoxy groups -OCH3 is 3. The minimum Gasteiger partial charge on any atom is -0.493 e. The van der Waals surface area contributed by atoms with Crippen LogP contribution in [0.3, 0.4) is 0 Å². The number of carbonyl (C=O) groups is 1. The van der Waals surface area contributed by atoms with Gasteiger partial charge in [-0.05, 0) is 30.2 Å². The number of rotatable bonds is 8. The number of para-hydroxylation sites is 1. The van der Waals surface area contributed by atoms with Gasteiger partial charge in [0.25, 0.3) is 5.91 Å². The molecule has 1 aromatic heterocycles. The zero-order valence-corrected chi connectivity index (χ0v) is 15.7. The highest BCUT2D eigenvalue weighted by molar-refractivity contribution is 5.99. The van der Waals surface area contributed by atoms with Gasteiger partial charge in [-0.3, -0.25) is 4.79 Å². The van der Waals surface area contributed by atoms with Crippen LogP contribution in [-0.4, -0.2) is 33.8 Å². The summed E-state index contributed by atoms with van der Waals surface area (Å²) in [5, 5.41) is 3.81. The van der Waals surface area contributed by atoms with Crippen LogP contribution in [0.4, 0.5) is 0 Å². The molecule has 142 valence electrons. The molecule has 1 heterocycles. The normalized spacial score (nSPS) is 10.8. The molecule has 0 spiro atoms. The molecule has 0 aliphatic rings. The molecule has 6 nitrogen and oxygen atoms in total. The summed E-state index contributed by atoms with van der Waals surface area (Å²) < 4.78 is 21.5. The van der Waals surface area contributed by atoms with Crippen molar-refractivity contribution >= 4 is 16.9 Å². The molecule has 1 amide bonds. The standard InChI is InChI=1S/C21H23NO5/c1-24-13-16-15-6-4-5-7-17(15)27-20(16)21(23)22-11-10-14-8-9-18(25-2)19(12-14)26-3/h4-9,12H,10-11,13H2,1-3H3,(H,22,23). The summed E-state index contributed by atoms with van der Waals surface area (Å²) in [4.78, 5) is 12.6. The van der Waals surface area contributed by atoms with Crippen molar-refractivity contribution in [2.24, 2.45) is 0 Å². The monoisotopic (exact) mass is 369 g/mol. The minimum atomic E-state index is -0.251. The van der Waals surface area contributed by atoms with Gasteiger partial charge in [-0.1, -0.05) is 24.3 Å². The molecule has 0 radical (unpaired) electrons. The summed E-state index contributed by atoms with van der Waals surface area (Å²) in [6, 6.07) is 13.3. The minimum absolute atomic E-state index is 0.251. The fourth-order valence-electron chi connectivity index (χ4n) is 3.01. The van der Waals surface area contributed by atoms with Gasteiger partial charge in [0, 0.05) is 24.6 Å². The Kier molecular flexibility index (Phi) is 5.98. The van der Waals surface area contributed by atoms with E-state index in [-0.39, 0.29) is 5.91 Å². The molecule has 0 saturated carbocycles. The average molecular weight is 369 g/mol. The predicted molar refractivity (Wildman–Crippen MR) is 103 cm³/mol. The van der Waals surface area contributed by atoms with Crippen LogP contribution in [0.1, 0.15) is 21.7 Å². The van der Waals surface area contributed by atoms with E-state index < -0.39 is 0 Å². The smallest absolute Gasteiger partial charge is 0.287 e. The van der Waals surface area contributed by atoms with E-state index in [1.807, 2.05) is 42.5 Å². The lowest BCUT2D eigenvalue weighted by Crippen LogP contribution is -2.26. The zero-order chi connectivity index (χ0) is 19.2. The molecule has 2 aromatic carbocycles. The highest BCUT2D eigenvalue weighted by atomic mass is 16.5. The van der Waals surface area contributed by atoms with E-state index in [1.165, 1.54) is 0 Å². The van der Waals surface area contributed by atoms with E-state index in [4.69, 9.17) is 18.6 Å². The van der Waals surface area contributed by atoms with Crippen molar-refractivity contribution in [2.45, 2.75) is 13.0 Å². The number of hydrogen-bond acceptors (Lipinski definition) is 5. The van der Waals surface area contributed by atoms with Gasteiger partial charge in [0.05, 0.1) is 20.8 Å². The molecule has 0 bridgehead atoms. The number of nitrogens with one attached hydrogen (secondary N) is 1. The number of benzene rings is 2. The number of ether oxygens (including phenoxy) is 3. The maximum atomic E-state index is 12.6. The van der Waals surface area contributed by atoms with E-state index in [0.29, 0.717) is 42.4 Å². The van der Waals surface area contributed by atoms with Gasteiger partial charge in [0.1, 0.15) is 5.58 Å². The van der Waals surface area contributed by atoms with Crippen LogP contribution in [0.2, 0.25) is 0 Å². The van der Waals surface area contributed by atoms with Crippen molar-refractivity contribution in [3.63, 3.8) is 0 Å². The highest BCUT2D eigenvalue weighted by Crippen LogP contribution is 2.28. The Bertz CT molecular complexity index is 931. The summed E-state index contributed by atoms with van der Waals surface area (Å²) in [6.07, 6.45) is 0.659. The lowest BCUT2D eigenvalue weighted by atomic mass is 10.1. The lowest BCUT2D eigenvalue weighted by Gasteiger charge is -2.10. The average Bonchev–Trinajstić information content (AvgIpc) is 3.07. The molecule has 3 rings (SSSR count). The second kappa shape index (κ2) is 8.60. The van der Waals surface area contributed by atoms with Crippen LogP contribution in [0.5, 0.6) is 11.5 Å². The number of fused-ring (bicyclic) bond motifs is 1. The van der Waals surface area contributed by atoms with E-state index >= 15 is 0 Å². The topological polar surface area (TPSA) is 69.9 Å². The summed E-state index contributed by atoms with van der Waals surface area (Å²) in [6.45, 7) is 0.785. The van der Waals surface area contributed by atoms with Crippen molar-refractivity contribution in [3.05, 3.63) is 59.4 Å². The molecule has 27 heavy (non-hydrogen) atoms. The van der Waals surface area contributed by atoms with Gasteiger partial charge in [-0.15, -0.1) is 0 Å². The molecular formula is C21H23NO5. The van der Waals surface area contributed by atoms with Crippen molar-refractivity contribution < 1.29 is 23.4 Å². The van der Waals surface area contributed by atoms with Crippen LogP contribution in [-0.2, 0) is 17.8 Å². The van der Waals surface area contributed by atoms with Gasteiger partial charge in [0.15, 0.2) is 17.3 Å². The molecule has 6 heteroatoms. The molecule has 0 fully saturated rings. The highest BCUT2D eigenvalue weighted by Gasteiger charge is 2.20. The lowest BCUT2D eigenvalue weighted by molar-refractivity contribution is 0.0922. The van der Waals surface area contributed by atoms with Gasteiger partial charge in [0.2, 0.25) is 0 Å². The first-order valence-electron chi connectivity index (χ1n) is 8.66. The molecule has 0 atom stereocenters. The maximum absolute atomic E-state index is 12.6. The van der Waals surface area contributed by atoms with Crippen molar-refractivity contribution in [3.8, 4) is 11.5 Å². The Hall–Kier alpha value is -2.99. The van der Waals surface area contributed by atoms with E-state index in [1.54, 1.807) is 21.3 Å². The fraction of sp³-hybridized carbons (Fsp3) is 0.286. The summed E-state index contributed by atoms with van der Waals surface area (Å²) in [5.41, 5.74) is 2.47. The Morgan fingerprint density at radius 3 is 2.56 bits per heavy atom. The number of amides is 1. The summed E-state index contributed by atoms with van der Waals surface area (Å²) in [5.74, 6) is 1.39. The quantitative estimate of drug-likeness (QED) is 0.657. The van der Waals surface area contributed by atoms with Crippen LogP contribution in [0.25, 0.3) is 11.0 Å². The summed E-state index contributed by atoms with van der Waals surface area (Å²) in [7, 11) is 4.80. The second-order valence-corrected chi connectivity index (χ2v) is 6.03. The van der Waals surface area contributed by atoms with E-state index in [2.05, 4.69) is 5.32 Å². The number of hydrogen-bond donors (Lipinski definition) is 1. The maximum Gasteiger partial charge on any atom is 0.287 e. The first kappa shape index (κ1) is 18.8. The first-order valence-corrected chi connectivity index (χ1v) is 8.66. The Labute approximate surface area is 158 Å². The van der Waals surface area contributed by atoms with Crippen LogP contribution < -0.4 is 14.8 Å². The third-order valence-electron chi connectivity index (χ3n) is 4.34. The van der Waals surface area contributed by atoms with Crippen LogP contribution in [0.15, 0.2) is 46.9 Å². The van der Waals surface area contributed by atoms with E-state index in [0.717, 1.165) is 16.5 Å². The fourth-order valence-corrected chi connectivity index (χ4v) is 3.01. The molecular weight excluding hydrogens is 346 g/mol. The zero-order valence-electron chi connectivity index (χ0n) is 15.7. The van der Waals surface area contributed by atoms with Crippen molar-refractivity contribution in [2.75, 3.05) is 27.9 Å². The molecule has 0 saturated heterocycles. The third kappa shape index (κ3) is 4.06. The third-order valence-corrected chi connectivity index (χ3v) is 4.34. The Balaban J connectivity index is 1.69. The molecule has 1 N–H and O–H groups in total. The van der Waals surface area contributed by atoms with Crippen LogP contribution in [0, 0.1) is 0 Å². The number of furan rings is 1. The largest absolute Gasteiger partial charge is 0.493 e.